The summed E-state index contributed by atoms with van der Waals surface area (Å²) in [6, 6.07) is 7.94. The molecule has 0 saturated carbocycles. The quantitative estimate of drug-likeness (QED) is 0.518. The topological polar surface area (TPSA) is 70.2 Å². The molecule has 0 aliphatic rings. The molecular weight excluding hydrogens is 274 g/mol. The van der Waals surface area contributed by atoms with E-state index in [1.54, 1.807) is 6.33 Å². The molecule has 5 heteroatoms. The Bertz CT molecular complexity index is 861. The van der Waals surface area contributed by atoms with Crippen molar-refractivity contribution in [3.63, 3.8) is 0 Å². The summed E-state index contributed by atoms with van der Waals surface area (Å²) >= 11 is 0. The van der Waals surface area contributed by atoms with Gasteiger partial charge in [-0.25, -0.2) is 4.98 Å². The van der Waals surface area contributed by atoms with Crippen molar-refractivity contribution in [1.29, 1.82) is 0 Å². The molecule has 0 aliphatic heterocycles. The number of benzene rings is 2. The van der Waals surface area contributed by atoms with E-state index in [4.69, 9.17) is 0 Å². The fraction of sp³-hybridized carbons (Fsp3) is 0.235. The molecule has 0 fully saturated rings. The molecule has 112 valence electrons. The van der Waals surface area contributed by atoms with E-state index >= 15 is 0 Å². The maximum atomic E-state index is 4.14. The largest absolute Gasteiger partial charge is 0.345 e. The number of aryl methyl sites for hydroxylation is 2. The highest BCUT2D eigenvalue weighted by Crippen LogP contribution is 2.25. The lowest BCUT2D eigenvalue weighted by Gasteiger charge is -2.07. The van der Waals surface area contributed by atoms with E-state index in [-0.39, 0.29) is 0 Å². The minimum absolute atomic E-state index is 1.00. The Morgan fingerprint density at radius 1 is 0.773 bits per heavy atom. The fourth-order valence-electron chi connectivity index (χ4n) is 2.55. The van der Waals surface area contributed by atoms with Crippen LogP contribution in [0.2, 0.25) is 0 Å². The number of fused-ring (bicyclic) bond motifs is 2. The van der Waals surface area contributed by atoms with Gasteiger partial charge in [0.1, 0.15) is 11.0 Å². The van der Waals surface area contributed by atoms with Gasteiger partial charge in [-0.05, 0) is 62.1 Å². The number of hydrogen-bond acceptors (Lipinski definition) is 3. The lowest BCUT2D eigenvalue weighted by molar-refractivity contribution is 0.957. The number of aromatic nitrogens is 5. The monoisotopic (exact) mass is 293 g/mol. The highest BCUT2D eigenvalue weighted by molar-refractivity contribution is 5.83. The van der Waals surface area contributed by atoms with Gasteiger partial charge in [-0.3, -0.25) is 0 Å². The molecule has 0 radical (unpaired) electrons. The number of hydrogen-bond donors (Lipinski definition) is 2. The second-order valence-electron chi connectivity index (χ2n) is 5.44. The Morgan fingerprint density at radius 2 is 1.36 bits per heavy atom. The van der Waals surface area contributed by atoms with Crippen LogP contribution in [0.4, 0.5) is 0 Å². The lowest BCUT2D eigenvalue weighted by Crippen LogP contribution is -1.92. The molecule has 0 spiro atoms. The van der Waals surface area contributed by atoms with Gasteiger partial charge in [0.25, 0.3) is 0 Å². The molecule has 4 aromatic rings. The minimum atomic E-state index is 1.00. The van der Waals surface area contributed by atoms with Gasteiger partial charge in [-0.15, -0.1) is 0 Å². The van der Waals surface area contributed by atoms with E-state index in [1.807, 2.05) is 24.3 Å². The van der Waals surface area contributed by atoms with Gasteiger partial charge >= 0.3 is 0 Å². The molecule has 2 aromatic carbocycles. The van der Waals surface area contributed by atoms with Crippen LogP contribution < -0.4 is 0 Å². The first-order valence-electron chi connectivity index (χ1n) is 7.24. The van der Waals surface area contributed by atoms with Crippen LogP contribution in [0.25, 0.3) is 22.1 Å². The van der Waals surface area contributed by atoms with Crippen molar-refractivity contribution in [2.24, 2.45) is 0 Å². The van der Waals surface area contributed by atoms with Gasteiger partial charge in [0.2, 0.25) is 0 Å². The van der Waals surface area contributed by atoms with Crippen LogP contribution in [0.5, 0.6) is 0 Å². The van der Waals surface area contributed by atoms with E-state index in [2.05, 4.69) is 53.1 Å². The average molecular weight is 293 g/mol. The first-order valence-corrected chi connectivity index (χ1v) is 7.24. The Morgan fingerprint density at radius 3 is 1.95 bits per heavy atom. The minimum Gasteiger partial charge on any atom is -0.345 e. The van der Waals surface area contributed by atoms with Crippen molar-refractivity contribution < 1.29 is 0 Å². The van der Waals surface area contributed by atoms with Crippen LogP contribution in [0.1, 0.15) is 22.3 Å². The molecule has 4 rings (SSSR count). The summed E-state index contributed by atoms with van der Waals surface area (Å²) in [5.74, 6) is 0. The summed E-state index contributed by atoms with van der Waals surface area (Å²) in [5.41, 5.74) is 9.22. The molecule has 2 N–H and O–H groups in total. The van der Waals surface area contributed by atoms with Crippen LogP contribution in [0, 0.1) is 27.7 Å². The Labute approximate surface area is 128 Å². The molecule has 22 heavy (non-hydrogen) atoms. The molecule has 0 atom stereocenters. The van der Waals surface area contributed by atoms with Crippen LogP contribution >= 0.6 is 0 Å². The van der Waals surface area contributed by atoms with Crippen molar-refractivity contribution in [2.45, 2.75) is 27.7 Å². The second-order valence-corrected chi connectivity index (χ2v) is 5.44. The van der Waals surface area contributed by atoms with Gasteiger partial charge in [-0.2, -0.15) is 15.4 Å². The molecule has 0 bridgehead atoms. The Kier molecular flexibility index (Phi) is 3.63. The normalized spacial score (nSPS) is 10.7. The lowest BCUT2D eigenvalue weighted by atomic mass is 9.98. The molecule has 2 heterocycles. The van der Waals surface area contributed by atoms with Crippen LogP contribution in [0.3, 0.4) is 0 Å². The van der Waals surface area contributed by atoms with E-state index in [0.717, 1.165) is 22.1 Å². The molecular formula is C17H19N5. The van der Waals surface area contributed by atoms with E-state index < -0.39 is 0 Å². The third-order valence-electron chi connectivity index (χ3n) is 4.27. The van der Waals surface area contributed by atoms with E-state index in [9.17, 15) is 0 Å². The van der Waals surface area contributed by atoms with Gasteiger partial charge < -0.3 is 4.98 Å². The average Bonchev–Trinajstić information content (AvgIpc) is 3.20. The summed E-state index contributed by atoms with van der Waals surface area (Å²) in [7, 11) is 0. The van der Waals surface area contributed by atoms with Crippen molar-refractivity contribution in [2.75, 3.05) is 0 Å². The molecule has 2 aromatic heterocycles. The molecule has 0 aliphatic carbocycles. The molecule has 0 amide bonds. The zero-order valence-electron chi connectivity index (χ0n) is 13.2. The van der Waals surface area contributed by atoms with Gasteiger partial charge in [0.15, 0.2) is 0 Å². The van der Waals surface area contributed by atoms with E-state index in [0.29, 0.717) is 0 Å². The summed E-state index contributed by atoms with van der Waals surface area (Å²) in [6.07, 6.45) is 1.70. The first-order chi connectivity index (χ1) is 10.6. The zero-order chi connectivity index (χ0) is 15.7. The number of nitrogens with zero attached hydrogens (tertiary/aromatic N) is 3. The summed E-state index contributed by atoms with van der Waals surface area (Å²) in [5, 5.41) is 11.0. The first kappa shape index (κ1) is 14.3. The second kappa shape index (κ2) is 5.60. The highest BCUT2D eigenvalue weighted by atomic mass is 15.3. The van der Waals surface area contributed by atoms with Gasteiger partial charge in [0, 0.05) is 0 Å². The van der Waals surface area contributed by atoms with Gasteiger partial charge in [0.05, 0.1) is 17.4 Å². The molecule has 5 nitrogen and oxygen atoms in total. The number of nitrogens with one attached hydrogen (secondary N) is 2. The predicted octanol–water partition coefficient (Wildman–Crippen LogP) is 3.75. The smallest absolute Gasteiger partial charge is 0.116 e. The Balaban J connectivity index is 0.000000139. The van der Waals surface area contributed by atoms with Crippen LogP contribution in [-0.2, 0) is 0 Å². The highest BCUT2D eigenvalue weighted by Gasteiger charge is 2.11. The summed E-state index contributed by atoms with van der Waals surface area (Å²) in [6.45, 7) is 8.44. The fourth-order valence-corrected chi connectivity index (χ4v) is 2.55. The van der Waals surface area contributed by atoms with Crippen molar-refractivity contribution in [1.82, 2.24) is 25.4 Å². The SMILES string of the molecule is Cc1c(C)c(C)c2n[nH]nc2c1C.c1ccc2[nH]cnc2c1. The maximum Gasteiger partial charge on any atom is 0.116 e. The molecule has 0 unspecified atom stereocenters. The van der Waals surface area contributed by atoms with Crippen molar-refractivity contribution in [3.05, 3.63) is 52.8 Å². The summed E-state index contributed by atoms with van der Waals surface area (Å²) in [4.78, 5) is 7.07. The summed E-state index contributed by atoms with van der Waals surface area (Å²) < 4.78 is 0. The number of para-hydroxylation sites is 2. The van der Waals surface area contributed by atoms with Crippen LogP contribution in [-0.4, -0.2) is 25.4 Å². The van der Waals surface area contributed by atoms with Crippen LogP contribution in [0.15, 0.2) is 30.6 Å². The van der Waals surface area contributed by atoms with E-state index in [1.165, 1.54) is 22.3 Å². The number of imidazole rings is 1. The Hall–Kier alpha value is -2.69. The third kappa shape index (κ3) is 2.35. The number of rotatable bonds is 0. The predicted molar refractivity (Wildman–Crippen MR) is 88.9 cm³/mol. The zero-order valence-corrected chi connectivity index (χ0v) is 13.2. The number of H-pyrrole nitrogens is 2. The maximum absolute atomic E-state index is 4.14. The van der Waals surface area contributed by atoms with Gasteiger partial charge in [-0.1, -0.05) is 12.1 Å². The van der Waals surface area contributed by atoms with Crippen molar-refractivity contribution >= 4 is 22.1 Å². The van der Waals surface area contributed by atoms with Crippen molar-refractivity contribution in [3.8, 4) is 0 Å². The number of aromatic amines is 2. The molecule has 0 saturated heterocycles. The third-order valence-corrected chi connectivity index (χ3v) is 4.27. The standard InChI is InChI=1S/C10H13N3.C7H6N2/c1-5-6(2)8(4)10-9(7(5)3)11-13-12-10;1-2-4-7-6(3-1)8-5-9-7/h1-4H3,(H,11,12,13);1-5H,(H,8,9).